The molecular formula is C22H25ClN4O2S. The van der Waals surface area contributed by atoms with Crippen molar-refractivity contribution < 1.29 is 9.53 Å². The zero-order valence-corrected chi connectivity index (χ0v) is 18.9. The Bertz CT molecular complexity index is 1000. The van der Waals surface area contributed by atoms with Crippen molar-refractivity contribution in [1.82, 2.24) is 14.8 Å². The maximum atomic E-state index is 12.6. The Hall–Kier alpha value is -2.35. The summed E-state index contributed by atoms with van der Waals surface area (Å²) in [5.41, 5.74) is 3.99. The van der Waals surface area contributed by atoms with Crippen LogP contribution in [0.15, 0.2) is 47.6 Å². The Kier molecular flexibility index (Phi) is 7.90. The minimum absolute atomic E-state index is 0.0710. The summed E-state index contributed by atoms with van der Waals surface area (Å²) in [7, 11) is 1.65. The topological polar surface area (TPSA) is 69.0 Å². The van der Waals surface area contributed by atoms with Gasteiger partial charge in [-0.15, -0.1) is 10.2 Å². The molecule has 2 aromatic carbocycles. The van der Waals surface area contributed by atoms with Crippen molar-refractivity contribution in [2.45, 2.75) is 32.0 Å². The number of halogens is 1. The van der Waals surface area contributed by atoms with Gasteiger partial charge in [0.05, 0.1) is 18.9 Å². The van der Waals surface area contributed by atoms with Gasteiger partial charge in [0.1, 0.15) is 0 Å². The first-order chi connectivity index (χ1) is 14.5. The van der Waals surface area contributed by atoms with Gasteiger partial charge in [0.25, 0.3) is 0 Å². The fourth-order valence-electron chi connectivity index (χ4n) is 3.10. The van der Waals surface area contributed by atoms with Crippen molar-refractivity contribution in [2.75, 3.05) is 24.8 Å². The number of benzene rings is 2. The third-order valence-electron chi connectivity index (χ3n) is 4.68. The lowest BCUT2D eigenvalue weighted by molar-refractivity contribution is -0.113. The van der Waals surface area contributed by atoms with Crippen molar-refractivity contribution in [1.29, 1.82) is 0 Å². The second kappa shape index (κ2) is 10.6. The number of para-hydroxylation sites is 1. The Morgan fingerprint density at radius 2 is 1.97 bits per heavy atom. The van der Waals surface area contributed by atoms with Crippen LogP contribution in [0, 0.1) is 6.92 Å². The zero-order valence-electron chi connectivity index (χ0n) is 17.3. The number of aromatic nitrogens is 3. The number of rotatable bonds is 9. The molecule has 3 rings (SSSR count). The van der Waals surface area contributed by atoms with Crippen LogP contribution in [0.2, 0.25) is 5.02 Å². The quantitative estimate of drug-likeness (QED) is 0.478. The number of thioether (sulfide) groups is 1. The number of hydrogen-bond donors (Lipinski definition) is 1. The molecule has 3 aromatic rings. The van der Waals surface area contributed by atoms with E-state index >= 15 is 0 Å². The molecule has 1 N–H and O–H groups in total. The van der Waals surface area contributed by atoms with Gasteiger partial charge < -0.3 is 10.1 Å². The summed E-state index contributed by atoms with van der Waals surface area (Å²) in [5, 5.41) is 13.0. The molecule has 30 heavy (non-hydrogen) atoms. The number of aryl methyl sites for hydroxylation is 2. The molecule has 0 spiro atoms. The lowest BCUT2D eigenvalue weighted by atomic mass is 10.1. The van der Waals surface area contributed by atoms with Crippen LogP contribution in [0.1, 0.15) is 18.1 Å². The van der Waals surface area contributed by atoms with Crippen LogP contribution < -0.4 is 5.32 Å². The Morgan fingerprint density at radius 3 is 2.67 bits per heavy atom. The third kappa shape index (κ3) is 5.41. The SMILES string of the molecule is CCc1cccc(C)c1NC(=O)CSc1nnc(-c2ccc(Cl)cc2)n1CCOC. The average Bonchev–Trinajstić information content (AvgIpc) is 3.15. The van der Waals surface area contributed by atoms with Gasteiger partial charge in [-0.3, -0.25) is 9.36 Å². The molecule has 1 aromatic heterocycles. The zero-order chi connectivity index (χ0) is 21.5. The monoisotopic (exact) mass is 444 g/mol. The maximum absolute atomic E-state index is 12.6. The lowest BCUT2D eigenvalue weighted by Crippen LogP contribution is -2.17. The van der Waals surface area contributed by atoms with E-state index in [-0.39, 0.29) is 11.7 Å². The van der Waals surface area contributed by atoms with Crippen molar-refractivity contribution in [3.63, 3.8) is 0 Å². The number of methoxy groups -OCH3 is 1. The molecule has 6 nitrogen and oxygen atoms in total. The van der Waals surface area contributed by atoms with Gasteiger partial charge in [0, 0.05) is 23.4 Å². The largest absolute Gasteiger partial charge is 0.383 e. The van der Waals surface area contributed by atoms with Gasteiger partial charge in [-0.25, -0.2) is 0 Å². The van der Waals surface area contributed by atoms with E-state index in [1.165, 1.54) is 11.8 Å². The van der Waals surface area contributed by atoms with Crippen molar-refractivity contribution in [3.8, 4) is 11.4 Å². The summed E-state index contributed by atoms with van der Waals surface area (Å²) in [6, 6.07) is 13.5. The van der Waals surface area contributed by atoms with E-state index < -0.39 is 0 Å². The predicted octanol–water partition coefficient (Wildman–Crippen LogP) is 4.85. The number of amides is 1. The minimum atomic E-state index is -0.0710. The predicted molar refractivity (Wildman–Crippen MR) is 122 cm³/mol. The molecule has 0 aliphatic rings. The first-order valence-electron chi connectivity index (χ1n) is 9.72. The molecule has 0 radical (unpaired) electrons. The van der Waals surface area contributed by atoms with E-state index in [4.69, 9.17) is 16.3 Å². The standard InChI is InChI=1S/C22H25ClN4O2S/c1-4-16-7-5-6-15(2)20(16)24-19(28)14-30-22-26-25-21(27(22)12-13-29-3)17-8-10-18(23)11-9-17/h5-11H,4,12-14H2,1-3H3,(H,24,28). The molecule has 0 atom stereocenters. The fraction of sp³-hybridized carbons (Fsp3) is 0.318. The van der Waals surface area contributed by atoms with Crippen LogP contribution in [0.4, 0.5) is 5.69 Å². The molecule has 0 bridgehead atoms. The number of hydrogen-bond acceptors (Lipinski definition) is 5. The summed E-state index contributed by atoms with van der Waals surface area (Å²) in [5.74, 6) is 0.889. The van der Waals surface area contributed by atoms with E-state index in [1.807, 2.05) is 54.0 Å². The highest BCUT2D eigenvalue weighted by Crippen LogP contribution is 2.26. The third-order valence-corrected chi connectivity index (χ3v) is 5.89. The number of ether oxygens (including phenoxy) is 1. The molecule has 0 saturated heterocycles. The van der Waals surface area contributed by atoms with Crippen LogP contribution in [-0.2, 0) is 22.5 Å². The molecule has 1 amide bonds. The van der Waals surface area contributed by atoms with E-state index in [0.29, 0.717) is 23.3 Å². The number of anilines is 1. The highest BCUT2D eigenvalue weighted by atomic mass is 35.5. The Morgan fingerprint density at radius 1 is 1.20 bits per heavy atom. The first kappa shape index (κ1) is 22.3. The van der Waals surface area contributed by atoms with Crippen LogP contribution in [0.25, 0.3) is 11.4 Å². The van der Waals surface area contributed by atoms with Crippen molar-refractivity contribution >= 4 is 35.0 Å². The highest BCUT2D eigenvalue weighted by molar-refractivity contribution is 7.99. The first-order valence-corrected chi connectivity index (χ1v) is 11.1. The number of nitrogens with zero attached hydrogens (tertiary/aromatic N) is 3. The maximum Gasteiger partial charge on any atom is 0.234 e. The molecular weight excluding hydrogens is 420 g/mol. The average molecular weight is 445 g/mol. The van der Waals surface area contributed by atoms with Gasteiger partial charge in [0.2, 0.25) is 5.91 Å². The van der Waals surface area contributed by atoms with Gasteiger partial charge in [-0.2, -0.15) is 0 Å². The minimum Gasteiger partial charge on any atom is -0.383 e. The van der Waals surface area contributed by atoms with E-state index in [2.05, 4.69) is 22.4 Å². The fourth-order valence-corrected chi connectivity index (χ4v) is 3.99. The van der Waals surface area contributed by atoms with Gasteiger partial charge in [0.15, 0.2) is 11.0 Å². The van der Waals surface area contributed by atoms with E-state index in [0.717, 1.165) is 34.6 Å². The number of carbonyl (C=O) groups is 1. The van der Waals surface area contributed by atoms with Crippen LogP contribution in [-0.4, -0.2) is 40.1 Å². The van der Waals surface area contributed by atoms with Crippen LogP contribution >= 0.6 is 23.4 Å². The summed E-state index contributed by atoms with van der Waals surface area (Å²) < 4.78 is 7.21. The molecule has 0 aliphatic heterocycles. The van der Waals surface area contributed by atoms with Gasteiger partial charge in [-0.05, 0) is 48.7 Å². The summed E-state index contributed by atoms with van der Waals surface area (Å²) in [6.07, 6.45) is 0.861. The van der Waals surface area contributed by atoms with Gasteiger partial charge in [-0.1, -0.05) is 48.5 Å². The van der Waals surface area contributed by atoms with E-state index in [9.17, 15) is 4.79 Å². The van der Waals surface area contributed by atoms with Crippen molar-refractivity contribution in [2.24, 2.45) is 0 Å². The Balaban J connectivity index is 1.75. The highest BCUT2D eigenvalue weighted by Gasteiger charge is 2.16. The lowest BCUT2D eigenvalue weighted by Gasteiger charge is -2.13. The van der Waals surface area contributed by atoms with Crippen LogP contribution in [0.3, 0.4) is 0 Å². The van der Waals surface area contributed by atoms with Crippen LogP contribution in [0.5, 0.6) is 0 Å². The second-order valence-corrected chi connectivity index (χ2v) is 8.14. The molecule has 8 heteroatoms. The number of carbonyl (C=O) groups excluding carboxylic acids is 1. The smallest absolute Gasteiger partial charge is 0.234 e. The molecule has 0 fully saturated rings. The molecule has 0 aliphatic carbocycles. The normalized spacial score (nSPS) is 10.9. The number of nitrogens with one attached hydrogen (secondary N) is 1. The molecule has 0 saturated carbocycles. The van der Waals surface area contributed by atoms with Gasteiger partial charge >= 0.3 is 0 Å². The van der Waals surface area contributed by atoms with Crippen molar-refractivity contribution in [3.05, 3.63) is 58.6 Å². The second-order valence-electron chi connectivity index (χ2n) is 6.76. The molecule has 1 heterocycles. The molecule has 158 valence electrons. The summed E-state index contributed by atoms with van der Waals surface area (Å²) in [4.78, 5) is 12.6. The molecule has 0 unspecified atom stereocenters. The summed E-state index contributed by atoms with van der Waals surface area (Å²) >= 11 is 7.36. The summed E-state index contributed by atoms with van der Waals surface area (Å²) in [6.45, 7) is 5.18. The van der Waals surface area contributed by atoms with E-state index in [1.54, 1.807) is 7.11 Å². The Labute approximate surface area is 186 Å².